The lowest BCUT2D eigenvalue weighted by Crippen LogP contribution is -2.47. The summed E-state index contributed by atoms with van der Waals surface area (Å²) in [5, 5.41) is 16.2. The number of hydrogen-bond acceptors (Lipinski definition) is 2. The first-order valence-corrected chi connectivity index (χ1v) is 7.31. The largest absolute Gasteiger partial charge is 0.384 e. The summed E-state index contributed by atoms with van der Waals surface area (Å²) in [6.07, 6.45) is 3.39. The molecule has 0 spiro atoms. The highest BCUT2D eigenvalue weighted by Crippen LogP contribution is 2.24. The third-order valence-electron chi connectivity index (χ3n) is 4.17. The van der Waals surface area contributed by atoms with Crippen molar-refractivity contribution in [1.29, 1.82) is 0 Å². The minimum atomic E-state index is -1.06. The fraction of sp³-hybridized carbons (Fsp3) is 0.562. The lowest BCUT2D eigenvalue weighted by Gasteiger charge is -2.25. The number of carbonyl (C=O) groups is 1. The molecule has 0 bridgehead atoms. The molecule has 0 heterocycles. The predicted molar refractivity (Wildman–Crippen MR) is 79.4 cm³/mol. The van der Waals surface area contributed by atoms with Crippen molar-refractivity contribution in [2.24, 2.45) is 5.92 Å². The maximum atomic E-state index is 11.9. The Bertz CT molecular complexity index is 445. The number of nitrogens with one attached hydrogen (secondary N) is 2. The third kappa shape index (κ3) is 3.73. The number of urea groups is 1. The molecule has 2 amide bonds. The maximum Gasteiger partial charge on any atom is 0.315 e. The fourth-order valence-electron chi connectivity index (χ4n) is 2.73. The molecular formula is C16H24N2O2. The molecule has 0 aliphatic heterocycles. The van der Waals surface area contributed by atoms with Crippen LogP contribution in [0.1, 0.15) is 38.7 Å². The van der Waals surface area contributed by atoms with Gasteiger partial charge in [0.1, 0.15) is 5.60 Å². The van der Waals surface area contributed by atoms with E-state index in [1.165, 1.54) is 12.8 Å². The van der Waals surface area contributed by atoms with Crippen LogP contribution in [0.3, 0.4) is 0 Å². The molecule has 2 rings (SSSR count). The Morgan fingerprint density at radius 3 is 2.65 bits per heavy atom. The van der Waals surface area contributed by atoms with Crippen LogP contribution in [-0.4, -0.2) is 23.7 Å². The van der Waals surface area contributed by atoms with E-state index in [0.29, 0.717) is 5.92 Å². The molecule has 4 nitrogen and oxygen atoms in total. The van der Waals surface area contributed by atoms with E-state index in [9.17, 15) is 9.90 Å². The molecule has 110 valence electrons. The minimum Gasteiger partial charge on any atom is -0.384 e. The number of aliphatic hydroxyl groups is 1. The van der Waals surface area contributed by atoms with Gasteiger partial charge in [0, 0.05) is 6.04 Å². The summed E-state index contributed by atoms with van der Waals surface area (Å²) >= 11 is 0. The van der Waals surface area contributed by atoms with Crippen LogP contribution in [0, 0.1) is 5.92 Å². The Morgan fingerprint density at radius 1 is 1.35 bits per heavy atom. The van der Waals surface area contributed by atoms with Crippen LogP contribution < -0.4 is 10.6 Å². The van der Waals surface area contributed by atoms with E-state index in [1.807, 2.05) is 30.3 Å². The molecule has 0 radical (unpaired) electrons. The summed E-state index contributed by atoms with van der Waals surface area (Å²) in [7, 11) is 0. The summed E-state index contributed by atoms with van der Waals surface area (Å²) in [4.78, 5) is 11.9. The molecule has 1 aromatic carbocycles. The quantitative estimate of drug-likeness (QED) is 0.790. The second-order valence-electron chi connectivity index (χ2n) is 5.98. The Kier molecular flexibility index (Phi) is 4.65. The van der Waals surface area contributed by atoms with E-state index in [0.717, 1.165) is 12.0 Å². The molecule has 0 saturated heterocycles. The van der Waals surface area contributed by atoms with Crippen LogP contribution in [0.4, 0.5) is 4.79 Å². The van der Waals surface area contributed by atoms with E-state index in [1.54, 1.807) is 6.92 Å². The van der Waals surface area contributed by atoms with Gasteiger partial charge in [-0.3, -0.25) is 0 Å². The zero-order valence-electron chi connectivity index (χ0n) is 12.2. The van der Waals surface area contributed by atoms with Crippen LogP contribution in [-0.2, 0) is 5.60 Å². The van der Waals surface area contributed by atoms with Gasteiger partial charge in [0.25, 0.3) is 0 Å². The van der Waals surface area contributed by atoms with Gasteiger partial charge in [-0.05, 0) is 31.2 Å². The molecule has 0 unspecified atom stereocenters. The second-order valence-corrected chi connectivity index (χ2v) is 5.98. The van der Waals surface area contributed by atoms with Crippen LogP contribution >= 0.6 is 0 Å². The Morgan fingerprint density at radius 2 is 2.05 bits per heavy atom. The minimum absolute atomic E-state index is 0.194. The molecule has 3 atom stereocenters. The van der Waals surface area contributed by atoms with Crippen LogP contribution in [0.25, 0.3) is 0 Å². The molecule has 20 heavy (non-hydrogen) atoms. The van der Waals surface area contributed by atoms with Gasteiger partial charge in [0.15, 0.2) is 0 Å². The van der Waals surface area contributed by atoms with Gasteiger partial charge in [-0.15, -0.1) is 0 Å². The molecule has 1 aliphatic carbocycles. The summed E-state index contributed by atoms with van der Waals surface area (Å²) in [6.45, 7) is 4.07. The molecule has 1 aliphatic rings. The van der Waals surface area contributed by atoms with Crippen molar-refractivity contribution in [1.82, 2.24) is 10.6 Å². The van der Waals surface area contributed by atoms with E-state index in [2.05, 4.69) is 17.6 Å². The van der Waals surface area contributed by atoms with Crippen molar-refractivity contribution in [3.05, 3.63) is 35.9 Å². The lowest BCUT2D eigenvalue weighted by molar-refractivity contribution is 0.0592. The van der Waals surface area contributed by atoms with Gasteiger partial charge in [0.05, 0.1) is 6.54 Å². The van der Waals surface area contributed by atoms with Crippen molar-refractivity contribution in [3.63, 3.8) is 0 Å². The average Bonchev–Trinajstić information content (AvgIpc) is 2.83. The van der Waals surface area contributed by atoms with E-state index < -0.39 is 5.60 Å². The Labute approximate surface area is 120 Å². The van der Waals surface area contributed by atoms with Crippen LogP contribution in [0.5, 0.6) is 0 Å². The molecule has 1 aromatic rings. The van der Waals surface area contributed by atoms with Crippen molar-refractivity contribution in [2.45, 2.75) is 44.8 Å². The zero-order valence-corrected chi connectivity index (χ0v) is 12.2. The summed E-state index contributed by atoms with van der Waals surface area (Å²) in [5.74, 6) is 0.537. The maximum absolute atomic E-state index is 11.9. The normalized spacial score (nSPS) is 24.9. The zero-order chi connectivity index (χ0) is 14.6. The highest BCUT2D eigenvalue weighted by Gasteiger charge is 2.27. The lowest BCUT2D eigenvalue weighted by atomic mass is 9.96. The van der Waals surface area contributed by atoms with Gasteiger partial charge < -0.3 is 15.7 Å². The number of rotatable bonds is 4. The first-order chi connectivity index (χ1) is 9.49. The number of amides is 2. The summed E-state index contributed by atoms with van der Waals surface area (Å²) in [5.41, 5.74) is -0.255. The van der Waals surface area contributed by atoms with Crippen LogP contribution in [0.15, 0.2) is 30.3 Å². The van der Waals surface area contributed by atoms with Gasteiger partial charge >= 0.3 is 6.03 Å². The van der Waals surface area contributed by atoms with Gasteiger partial charge in [-0.1, -0.05) is 43.7 Å². The van der Waals surface area contributed by atoms with E-state index in [4.69, 9.17) is 0 Å². The highest BCUT2D eigenvalue weighted by atomic mass is 16.3. The molecule has 4 heteroatoms. The fourth-order valence-corrected chi connectivity index (χ4v) is 2.73. The first kappa shape index (κ1) is 14.9. The van der Waals surface area contributed by atoms with Crippen molar-refractivity contribution in [2.75, 3.05) is 6.54 Å². The van der Waals surface area contributed by atoms with Gasteiger partial charge in [-0.2, -0.15) is 0 Å². The van der Waals surface area contributed by atoms with Gasteiger partial charge in [-0.25, -0.2) is 4.79 Å². The van der Waals surface area contributed by atoms with Crippen molar-refractivity contribution in [3.8, 4) is 0 Å². The first-order valence-electron chi connectivity index (χ1n) is 7.31. The summed E-state index contributed by atoms with van der Waals surface area (Å²) < 4.78 is 0. The Balaban J connectivity index is 1.83. The molecular weight excluding hydrogens is 252 g/mol. The van der Waals surface area contributed by atoms with Crippen molar-refractivity contribution >= 4 is 6.03 Å². The monoisotopic (exact) mass is 276 g/mol. The van der Waals surface area contributed by atoms with Crippen LogP contribution in [0.2, 0.25) is 0 Å². The van der Waals surface area contributed by atoms with Crippen molar-refractivity contribution < 1.29 is 9.90 Å². The van der Waals surface area contributed by atoms with Gasteiger partial charge in [0.2, 0.25) is 0 Å². The number of benzene rings is 1. The number of carbonyl (C=O) groups excluding carboxylic acids is 1. The summed E-state index contributed by atoms with van der Waals surface area (Å²) in [6, 6.07) is 9.45. The standard InChI is InChI=1S/C16H24N2O2/c1-12-7-6-10-14(12)18-15(19)17-11-16(2,20)13-8-4-3-5-9-13/h3-5,8-9,12,14,20H,6-7,10-11H2,1-2H3,(H2,17,18,19)/t12-,14+,16+/m0/s1. The predicted octanol–water partition coefficient (Wildman–Crippen LogP) is 2.38. The molecule has 3 N–H and O–H groups in total. The molecule has 1 saturated carbocycles. The second kappa shape index (κ2) is 6.27. The Hall–Kier alpha value is -1.55. The third-order valence-corrected chi connectivity index (χ3v) is 4.17. The smallest absolute Gasteiger partial charge is 0.315 e. The average molecular weight is 276 g/mol. The van der Waals surface area contributed by atoms with E-state index >= 15 is 0 Å². The SMILES string of the molecule is C[C@H]1CCC[C@H]1NC(=O)NC[C@@](C)(O)c1ccccc1. The topological polar surface area (TPSA) is 61.4 Å². The molecule has 0 aromatic heterocycles. The number of hydrogen-bond donors (Lipinski definition) is 3. The van der Waals surface area contributed by atoms with E-state index in [-0.39, 0.29) is 18.6 Å². The molecule has 1 fully saturated rings. The highest BCUT2D eigenvalue weighted by molar-refractivity contribution is 5.74.